The van der Waals surface area contributed by atoms with E-state index in [0.29, 0.717) is 13.0 Å². The van der Waals surface area contributed by atoms with E-state index in [0.717, 1.165) is 16.9 Å². The maximum atomic E-state index is 9.12. The fourth-order valence-electron chi connectivity index (χ4n) is 2.29. The Labute approximate surface area is 120 Å². The third-order valence-electron chi connectivity index (χ3n) is 3.37. The van der Waals surface area contributed by atoms with Crippen LogP contribution in [0.2, 0.25) is 0 Å². The third-order valence-corrected chi connectivity index (χ3v) is 3.37. The van der Waals surface area contributed by atoms with Gasteiger partial charge in [0.05, 0.1) is 0 Å². The Morgan fingerprint density at radius 3 is 2.50 bits per heavy atom. The molecule has 0 amide bonds. The Kier molecular flexibility index (Phi) is 5.16. The molecule has 0 fully saturated rings. The zero-order valence-electron chi connectivity index (χ0n) is 11.8. The van der Waals surface area contributed by atoms with Gasteiger partial charge in [-0.05, 0) is 36.1 Å². The molecule has 0 aromatic heterocycles. The smallest absolute Gasteiger partial charge is 0.136 e. The number of hydrogen-bond acceptors (Lipinski definition) is 3. The molecule has 2 aromatic carbocycles. The van der Waals surface area contributed by atoms with Crippen LogP contribution in [-0.2, 0) is 6.42 Å². The molecule has 2 rings (SSSR count). The summed E-state index contributed by atoms with van der Waals surface area (Å²) in [6, 6.07) is 15.9. The van der Waals surface area contributed by atoms with Crippen molar-refractivity contribution in [3.8, 4) is 5.75 Å². The molecule has 3 nitrogen and oxygen atoms in total. The first kappa shape index (κ1) is 14.6. The minimum atomic E-state index is -0.170. The van der Waals surface area contributed by atoms with Crippen LogP contribution < -0.4 is 10.5 Å². The highest BCUT2D eigenvalue weighted by Gasteiger charge is 2.15. The largest absolute Gasteiger partial charge is 0.484 e. The second-order valence-corrected chi connectivity index (χ2v) is 4.78. The van der Waals surface area contributed by atoms with Gasteiger partial charge in [0.1, 0.15) is 11.9 Å². The van der Waals surface area contributed by atoms with Gasteiger partial charge in [-0.1, -0.05) is 42.5 Å². The van der Waals surface area contributed by atoms with Gasteiger partial charge >= 0.3 is 0 Å². The van der Waals surface area contributed by atoms with Crippen molar-refractivity contribution >= 4 is 0 Å². The summed E-state index contributed by atoms with van der Waals surface area (Å²) >= 11 is 0. The molecule has 0 aliphatic rings. The molecule has 0 aliphatic heterocycles. The molecule has 2 aromatic rings. The van der Waals surface area contributed by atoms with Crippen LogP contribution in [-0.4, -0.2) is 18.3 Å². The van der Waals surface area contributed by atoms with Crippen molar-refractivity contribution in [2.75, 3.05) is 13.2 Å². The molecule has 20 heavy (non-hydrogen) atoms. The number of aliphatic hydroxyl groups excluding tert-OH is 1. The molecule has 1 atom stereocenters. The summed E-state index contributed by atoms with van der Waals surface area (Å²) in [6.45, 7) is 2.58. The van der Waals surface area contributed by atoms with Crippen LogP contribution in [0.5, 0.6) is 5.75 Å². The summed E-state index contributed by atoms with van der Waals surface area (Å²) in [5.41, 5.74) is 9.15. The van der Waals surface area contributed by atoms with Crippen molar-refractivity contribution < 1.29 is 9.84 Å². The van der Waals surface area contributed by atoms with Gasteiger partial charge in [0, 0.05) is 13.2 Å². The molecule has 3 heteroatoms. The van der Waals surface area contributed by atoms with Gasteiger partial charge < -0.3 is 15.6 Å². The van der Waals surface area contributed by atoms with Crippen molar-refractivity contribution in [3.63, 3.8) is 0 Å². The van der Waals surface area contributed by atoms with Crippen LogP contribution in [0.25, 0.3) is 0 Å². The van der Waals surface area contributed by atoms with Crippen LogP contribution in [0.1, 0.15) is 22.8 Å². The van der Waals surface area contributed by atoms with E-state index < -0.39 is 0 Å². The Morgan fingerprint density at radius 1 is 1.10 bits per heavy atom. The SMILES string of the molecule is Cc1ccccc1C(CN)Oc1ccccc1CCO. The zero-order valence-corrected chi connectivity index (χ0v) is 11.8. The Balaban J connectivity index is 2.25. The Morgan fingerprint density at radius 2 is 1.80 bits per heavy atom. The van der Waals surface area contributed by atoms with Crippen LogP contribution in [0.15, 0.2) is 48.5 Å². The summed E-state index contributed by atoms with van der Waals surface area (Å²) in [5, 5.41) is 9.12. The van der Waals surface area contributed by atoms with Crippen molar-refractivity contribution in [1.82, 2.24) is 0 Å². The monoisotopic (exact) mass is 271 g/mol. The Bertz CT molecular complexity index is 554. The molecule has 0 spiro atoms. The molecule has 0 radical (unpaired) electrons. The fraction of sp³-hybridized carbons (Fsp3) is 0.294. The maximum absolute atomic E-state index is 9.12. The van der Waals surface area contributed by atoms with Gasteiger partial charge in [0.2, 0.25) is 0 Å². The normalized spacial score (nSPS) is 12.2. The standard InChI is InChI=1S/C17H21NO2/c1-13-6-2-4-8-15(13)17(12-18)20-16-9-5-3-7-14(16)10-11-19/h2-9,17,19H,10-12,18H2,1H3. The van der Waals surface area contributed by atoms with E-state index in [1.165, 1.54) is 5.56 Å². The fourth-order valence-corrected chi connectivity index (χ4v) is 2.29. The van der Waals surface area contributed by atoms with Crippen LogP contribution >= 0.6 is 0 Å². The van der Waals surface area contributed by atoms with E-state index >= 15 is 0 Å². The highest BCUT2D eigenvalue weighted by molar-refractivity contribution is 5.35. The lowest BCUT2D eigenvalue weighted by Gasteiger charge is -2.21. The van der Waals surface area contributed by atoms with E-state index in [2.05, 4.69) is 13.0 Å². The number of aliphatic hydroxyl groups is 1. The van der Waals surface area contributed by atoms with E-state index in [-0.39, 0.29) is 12.7 Å². The summed E-state index contributed by atoms with van der Waals surface area (Å²) in [4.78, 5) is 0. The van der Waals surface area contributed by atoms with E-state index in [9.17, 15) is 0 Å². The zero-order chi connectivity index (χ0) is 14.4. The van der Waals surface area contributed by atoms with E-state index in [1.54, 1.807) is 0 Å². The minimum Gasteiger partial charge on any atom is -0.484 e. The molecule has 0 heterocycles. The van der Waals surface area contributed by atoms with Crippen LogP contribution in [0, 0.1) is 6.92 Å². The van der Waals surface area contributed by atoms with Crippen molar-refractivity contribution in [2.45, 2.75) is 19.4 Å². The summed E-state index contributed by atoms with van der Waals surface area (Å²) in [7, 11) is 0. The predicted octanol–water partition coefficient (Wildman–Crippen LogP) is 2.61. The average Bonchev–Trinajstić information content (AvgIpc) is 2.47. The highest BCUT2D eigenvalue weighted by Crippen LogP contribution is 2.26. The summed E-state index contributed by atoms with van der Waals surface area (Å²) < 4.78 is 6.08. The lowest BCUT2D eigenvalue weighted by molar-refractivity contribution is 0.209. The van der Waals surface area contributed by atoms with E-state index in [1.807, 2.05) is 42.5 Å². The summed E-state index contributed by atoms with van der Waals surface area (Å²) in [5.74, 6) is 0.792. The quantitative estimate of drug-likeness (QED) is 0.849. The first-order valence-electron chi connectivity index (χ1n) is 6.87. The highest BCUT2D eigenvalue weighted by atomic mass is 16.5. The Hall–Kier alpha value is -1.84. The first-order valence-corrected chi connectivity index (χ1v) is 6.87. The van der Waals surface area contributed by atoms with Crippen LogP contribution in [0.4, 0.5) is 0 Å². The van der Waals surface area contributed by atoms with Crippen molar-refractivity contribution in [1.29, 1.82) is 0 Å². The molecular weight excluding hydrogens is 250 g/mol. The number of ether oxygens (including phenoxy) is 1. The average molecular weight is 271 g/mol. The third kappa shape index (κ3) is 3.38. The molecular formula is C17H21NO2. The van der Waals surface area contributed by atoms with Gasteiger partial charge in [0.25, 0.3) is 0 Å². The van der Waals surface area contributed by atoms with Crippen LogP contribution in [0.3, 0.4) is 0 Å². The lowest BCUT2D eigenvalue weighted by atomic mass is 10.0. The van der Waals surface area contributed by atoms with Gasteiger partial charge in [-0.15, -0.1) is 0 Å². The molecule has 106 valence electrons. The topological polar surface area (TPSA) is 55.5 Å². The molecule has 1 unspecified atom stereocenters. The van der Waals surface area contributed by atoms with Gasteiger partial charge in [-0.3, -0.25) is 0 Å². The molecule has 0 saturated carbocycles. The van der Waals surface area contributed by atoms with Crippen molar-refractivity contribution in [2.24, 2.45) is 5.73 Å². The molecule has 3 N–H and O–H groups in total. The van der Waals surface area contributed by atoms with Crippen molar-refractivity contribution in [3.05, 3.63) is 65.2 Å². The second-order valence-electron chi connectivity index (χ2n) is 4.78. The number of para-hydroxylation sites is 1. The van der Waals surface area contributed by atoms with E-state index in [4.69, 9.17) is 15.6 Å². The lowest BCUT2D eigenvalue weighted by Crippen LogP contribution is -2.20. The second kappa shape index (κ2) is 7.08. The molecule has 0 saturated heterocycles. The van der Waals surface area contributed by atoms with Gasteiger partial charge in [0.15, 0.2) is 0 Å². The first-order chi connectivity index (χ1) is 9.76. The minimum absolute atomic E-state index is 0.109. The predicted molar refractivity (Wildman–Crippen MR) is 80.8 cm³/mol. The number of hydrogen-bond donors (Lipinski definition) is 2. The number of nitrogens with two attached hydrogens (primary N) is 1. The molecule has 0 bridgehead atoms. The van der Waals surface area contributed by atoms with Gasteiger partial charge in [-0.25, -0.2) is 0 Å². The maximum Gasteiger partial charge on any atom is 0.136 e. The van der Waals surface area contributed by atoms with Gasteiger partial charge in [-0.2, -0.15) is 0 Å². The molecule has 0 aliphatic carbocycles. The number of aryl methyl sites for hydroxylation is 1. The summed E-state index contributed by atoms with van der Waals surface area (Å²) in [6.07, 6.45) is 0.414. The number of benzene rings is 2. The number of rotatable bonds is 6.